The summed E-state index contributed by atoms with van der Waals surface area (Å²) in [7, 11) is 0. The first-order chi connectivity index (χ1) is 10.3. The van der Waals surface area contributed by atoms with Gasteiger partial charge < -0.3 is 10.2 Å². The van der Waals surface area contributed by atoms with E-state index >= 15 is 0 Å². The van der Waals surface area contributed by atoms with Crippen LogP contribution in [-0.4, -0.2) is 42.0 Å². The maximum absolute atomic E-state index is 12.5. The molecule has 1 fully saturated rings. The van der Waals surface area contributed by atoms with E-state index in [0.29, 0.717) is 30.2 Å². The fourth-order valence-electron chi connectivity index (χ4n) is 2.75. The van der Waals surface area contributed by atoms with Gasteiger partial charge in [-0.15, -0.1) is 0 Å². The Bertz CT molecular complexity index is 385. The molecule has 128 valence electrons. The molecule has 1 rings (SSSR count). The second-order valence-corrected chi connectivity index (χ2v) is 5.82. The number of amides is 2. The minimum atomic E-state index is -4.92. The largest absolute Gasteiger partial charge is 0.471 e. The minimum absolute atomic E-state index is 0.0104. The zero-order valence-corrected chi connectivity index (χ0v) is 13.2. The molecule has 0 aromatic rings. The molecule has 0 aromatic heterocycles. The molecule has 0 radical (unpaired) electrons. The van der Waals surface area contributed by atoms with Gasteiger partial charge in [-0.25, -0.2) is 0 Å². The Balaban J connectivity index is 2.55. The van der Waals surface area contributed by atoms with Gasteiger partial charge in [-0.3, -0.25) is 9.59 Å². The summed E-state index contributed by atoms with van der Waals surface area (Å²) in [4.78, 5) is 24.1. The van der Waals surface area contributed by atoms with E-state index in [1.807, 2.05) is 6.92 Å². The third kappa shape index (κ3) is 5.18. The monoisotopic (exact) mass is 322 g/mol. The molecule has 0 saturated carbocycles. The summed E-state index contributed by atoms with van der Waals surface area (Å²) in [6.07, 6.45) is -0.168. The lowest BCUT2D eigenvalue weighted by Gasteiger charge is -2.25. The molecule has 0 bridgehead atoms. The Morgan fingerprint density at radius 1 is 1.32 bits per heavy atom. The van der Waals surface area contributed by atoms with E-state index in [9.17, 15) is 22.8 Å². The molecule has 4 nitrogen and oxygen atoms in total. The van der Waals surface area contributed by atoms with Crippen molar-refractivity contribution in [1.82, 2.24) is 10.2 Å². The number of unbranched alkanes of at least 4 members (excludes halogenated alkanes) is 1. The molecule has 1 saturated heterocycles. The number of likely N-dealkylation sites (tertiary alicyclic amines) is 1. The maximum atomic E-state index is 12.5. The number of nitrogens with zero attached hydrogens (tertiary/aromatic N) is 1. The summed E-state index contributed by atoms with van der Waals surface area (Å²) >= 11 is 0. The number of carbonyl (C=O) groups is 2. The summed E-state index contributed by atoms with van der Waals surface area (Å²) in [5, 5.41) is 2.72. The van der Waals surface area contributed by atoms with Crippen LogP contribution in [0.25, 0.3) is 0 Å². The molecule has 2 amide bonds. The van der Waals surface area contributed by atoms with Crippen LogP contribution < -0.4 is 5.32 Å². The quantitative estimate of drug-likeness (QED) is 0.783. The molecule has 1 N–H and O–H groups in total. The van der Waals surface area contributed by atoms with Crippen LogP contribution in [-0.2, 0) is 9.59 Å². The van der Waals surface area contributed by atoms with Crippen molar-refractivity contribution in [2.24, 2.45) is 5.92 Å². The Labute approximate surface area is 129 Å². The first-order valence-corrected chi connectivity index (χ1v) is 7.96. The molecule has 7 heteroatoms. The number of hydrogen-bond acceptors (Lipinski definition) is 2. The fourth-order valence-corrected chi connectivity index (χ4v) is 2.75. The summed E-state index contributed by atoms with van der Waals surface area (Å²) in [5.41, 5.74) is 0. The van der Waals surface area contributed by atoms with Crippen molar-refractivity contribution in [3.63, 3.8) is 0 Å². The molecule has 1 heterocycles. The third-order valence-electron chi connectivity index (χ3n) is 4.17. The Morgan fingerprint density at radius 2 is 2.00 bits per heavy atom. The van der Waals surface area contributed by atoms with Gasteiger partial charge in [0.05, 0.1) is 0 Å². The minimum Gasteiger partial charge on any atom is -0.354 e. The molecule has 0 aromatic carbocycles. The average molecular weight is 322 g/mol. The SMILES string of the molecule is CCCCC(CC)CNC(=O)C1CCCN1C(=O)C(F)(F)F. The molecule has 0 spiro atoms. The van der Waals surface area contributed by atoms with E-state index in [2.05, 4.69) is 12.2 Å². The van der Waals surface area contributed by atoms with Gasteiger partial charge in [-0.2, -0.15) is 13.2 Å². The number of nitrogens with one attached hydrogen (secondary N) is 1. The van der Waals surface area contributed by atoms with Gasteiger partial charge in [0, 0.05) is 13.1 Å². The lowest BCUT2D eigenvalue weighted by Crippen LogP contribution is -2.50. The van der Waals surface area contributed by atoms with E-state index in [-0.39, 0.29) is 6.54 Å². The lowest BCUT2D eigenvalue weighted by molar-refractivity contribution is -0.186. The van der Waals surface area contributed by atoms with Crippen LogP contribution in [0.4, 0.5) is 13.2 Å². The first-order valence-electron chi connectivity index (χ1n) is 7.96. The Morgan fingerprint density at radius 3 is 2.55 bits per heavy atom. The van der Waals surface area contributed by atoms with Gasteiger partial charge in [-0.1, -0.05) is 33.1 Å². The Kier molecular flexibility index (Phi) is 7.16. The molecular weight excluding hydrogens is 297 g/mol. The number of hydrogen-bond donors (Lipinski definition) is 1. The van der Waals surface area contributed by atoms with Crippen molar-refractivity contribution in [3.8, 4) is 0 Å². The molecule has 22 heavy (non-hydrogen) atoms. The van der Waals surface area contributed by atoms with E-state index < -0.39 is 24.0 Å². The van der Waals surface area contributed by atoms with Gasteiger partial charge >= 0.3 is 12.1 Å². The van der Waals surface area contributed by atoms with E-state index in [1.54, 1.807) is 0 Å². The van der Waals surface area contributed by atoms with Crippen LogP contribution in [0.2, 0.25) is 0 Å². The molecular formula is C15H25F3N2O2. The third-order valence-corrected chi connectivity index (χ3v) is 4.17. The van der Waals surface area contributed by atoms with Gasteiger partial charge in [0.25, 0.3) is 0 Å². The van der Waals surface area contributed by atoms with E-state index in [0.717, 1.165) is 25.7 Å². The number of rotatable bonds is 7. The van der Waals surface area contributed by atoms with Crippen LogP contribution >= 0.6 is 0 Å². The van der Waals surface area contributed by atoms with Crippen molar-refractivity contribution < 1.29 is 22.8 Å². The maximum Gasteiger partial charge on any atom is 0.471 e. The zero-order valence-electron chi connectivity index (χ0n) is 13.2. The second kappa shape index (κ2) is 8.39. The van der Waals surface area contributed by atoms with Crippen molar-refractivity contribution >= 4 is 11.8 Å². The smallest absolute Gasteiger partial charge is 0.354 e. The zero-order chi connectivity index (χ0) is 16.8. The summed E-state index contributed by atoms with van der Waals surface area (Å²) < 4.78 is 37.6. The Hall–Kier alpha value is -1.27. The highest BCUT2D eigenvalue weighted by molar-refractivity contribution is 5.90. The predicted molar refractivity (Wildman–Crippen MR) is 77.1 cm³/mol. The highest BCUT2D eigenvalue weighted by Gasteiger charge is 2.47. The summed E-state index contributed by atoms with van der Waals surface area (Å²) in [6.45, 7) is 4.56. The first kappa shape index (κ1) is 18.8. The van der Waals surface area contributed by atoms with Gasteiger partial charge in [0.1, 0.15) is 6.04 Å². The van der Waals surface area contributed by atoms with Crippen molar-refractivity contribution in [1.29, 1.82) is 0 Å². The second-order valence-electron chi connectivity index (χ2n) is 5.82. The van der Waals surface area contributed by atoms with Gasteiger partial charge in [-0.05, 0) is 25.2 Å². The van der Waals surface area contributed by atoms with Crippen molar-refractivity contribution in [2.75, 3.05) is 13.1 Å². The standard InChI is InChI=1S/C15H25F3N2O2/c1-3-5-7-11(4-2)10-19-13(21)12-8-6-9-20(12)14(22)15(16,17)18/h11-12H,3-10H2,1-2H3,(H,19,21). The molecule has 0 aliphatic carbocycles. The number of alkyl halides is 3. The van der Waals surface area contributed by atoms with Crippen molar-refractivity contribution in [3.05, 3.63) is 0 Å². The van der Waals surface area contributed by atoms with Gasteiger partial charge in [0.2, 0.25) is 5.91 Å². The highest BCUT2D eigenvalue weighted by atomic mass is 19.4. The van der Waals surface area contributed by atoms with Crippen LogP contribution in [0.3, 0.4) is 0 Å². The molecule has 1 aliphatic rings. The number of halogens is 3. The van der Waals surface area contributed by atoms with E-state index in [1.165, 1.54) is 0 Å². The highest BCUT2D eigenvalue weighted by Crippen LogP contribution is 2.25. The van der Waals surface area contributed by atoms with Crippen LogP contribution in [0, 0.1) is 5.92 Å². The lowest BCUT2D eigenvalue weighted by atomic mass is 9.99. The normalized spacial score (nSPS) is 20.0. The van der Waals surface area contributed by atoms with E-state index in [4.69, 9.17) is 0 Å². The number of carbonyl (C=O) groups excluding carboxylic acids is 2. The topological polar surface area (TPSA) is 49.4 Å². The van der Waals surface area contributed by atoms with Gasteiger partial charge in [0.15, 0.2) is 0 Å². The fraction of sp³-hybridized carbons (Fsp3) is 0.867. The van der Waals surface area contributed by atoms with Crippen LogP contribution in [0.1, 0.15) is 52.4 Å². The molecule has 1 aliphatic heterocycles. The van der Waals surface area contributed by atoms with Crippen LogP contribution in [0.15, 0.2) is 0 Å². The average Bonchev–Trinajstić information content (AvgIpc) is 2.94. The van der Waals surface area contributed by atoms with Crippen LogP contribution in [0.5, 0.6) is 0 Å². The summed E-state index contributed by atoms with van der Waals surface area (Å²) in [6, 6.07) is -0.988. The summed E-state index contributed by atoms with van der Waals surface area (Å²) in [5.74, 6) is -2.05. The van der Waals surface area contributed by atoms with Crippen molar-refractivity contribution in [2.45, 2.75) is 64.6 Å². The predicted octanol–water partition coefficient (Wildman–Crippen LogP) is 2.87. The molecule has 2 atom stereocenters. The molecule has 2 unspecified atom stereocenters.